The van der Waals surface area contributed by atoms with E-state index in [2.05, 4.69) is 95.6 Å². The minimum Gasteiger partial charge on any atom is -0.309 e. The standard InChI is InChI=1S/C33H21N/c1-3-9-23-19(7-1)13-21-14-22-16-29-27-15-20-8-2-4-10-24(20)28(27)17-30-25-11-5-6-12-31(25)34(33(29)30)32(22)18-26(21)23/h1-12,14,17-18H,13,15-16H2. The molecule has 2 aliphatic carbocycles. The first-order chi connectivity index (χ1) is 16.8. The van der Waals surface area contributed by atoms with Crippen molar-refractivity contribution in [3.8, 4) is 27.9 Å². The van der Waals surface area contributed by atoms with Crippen molar-refractivity contribution in [2.45, 2.75) is 19.3 Å². The predicted molar refractivity (Wildman–Crippen MR) is 140 cm³/mol. The van der Waals surface area contributed by atoms with Gasteiger partial charge in [-0.25, -0.2) is 0 Å². The molecule has 1 nitrogen and oxygen atoms in total. The Morgan fingerprint density at radius 1 is 0.471 bits per heavy atom. The van der Waals surface area contributed by atoms with Crippen molar-refractivity contribution in [2.24, 2.45) is 0 Å². The number of nitrogens with zero attached hydrogens (tertiary/aromatic N) is 1. The SMILES string of the molecule is c1ccc2c(c1)Cc1cc3c(cc1-2)-n1c2ccccc2c2cc4c(c(c21)C3)Cc1ccccc1-4. The fraction of sp³-hybridized carbons (Fsp3) is 0.0909. The molecule has 1 heteroatoms. The molecule has 5 aromatic carbocycles. The summed E-state index contributed by atoms with van der Waals surface area (Å²) < 4.78 is 2.57. The average Bonchev–Trinajstić information content (AvgIpc) is 3.54. The quantitative estimate of drug-likeness (QED) is 0.231. The molecule has 0 unspecified atom stereocenters. The van der Waals surface area contributed by atoms with E-state index in [9.17, 15) is 0 Å². The van der Waals surface area contributed by atoms with Crippen LogP contribution in [0.4, 0.5) is 0 Å². The summed E-state index contributed by atoms with van der Waals surface area (Å²) in [5, 5.41) is 2.76. The van der Waals surface area contributed by atoms with Crippen LogP contribution in [-0.4, -0.2) is 4.57 Å². The van der Waals surface area contributed by atoms with Gasteiger partial charge in [-0.15, -0.1) is 0 Å². The molecule has 1 aliphatic heterocycles. The summed E-state index contributed by atoms with van der Waals surface area (Å²) in [6, 6.07) is 34.3. The molecule has 0 atom stereocenters. The van der Waals surface area contributed by atoms with E-state index in [4.69, 9.17) is 0 Å². The van der Waals surface area contributed by atoms with E-state index in [1.165, 1.54) is 83.1 Å². The maximum Gasteiger partial charge on any atom is 0.0579 e. The van der Waals surface area contributed by atoms with E-state index in [1.54, 1.807) is 0 Å². The van der Waals surface area contributed by atoms with Crippen LogP contribution in [0.5, 0.6) is 0 Å². The number of hydrogen-bond donors (Lipinski definition) is 0. The van der Waals surface area contributed by atoms with Crippen LogP contribution in [0.1, 0.15) is 33.4 Å². The Bertz CT molecular complexity index is 1880. The average molecular weight is 432 g/mol. The van der Waals surface area contributed by atoms with Gasteiger partial charge in [-0.1, -0.05) is 72.8 Å². The van der Waals surface area contributed by atoms with Crippen molar-refractivity contribution in [2.75, 3.05) is 0 Å². The first-order valence-corrected chi connectivity index (χ1v) is 12.3. The van der Waals surface area contributed by atoms with Gasteiger partial charge >= 0.3 is 0 Å². The lowest BCUT2D eigenvalue weighted by Crippen LogP contribution is -2.11. The van der Waals surface area contributed by atoms with Crippen LogP contribution < -0.4 is 0 Å². The van der Waals surface area contributed by atoms with Gasteiger partial charge in [0, 0.05) is 17.2 Å². The molecule has 34 heavy (non-hydrogen) atoms. The third kappa shape index (κ3) is 1.98. The lowest BCUT2D eigenvalue weighted by Gasteiger charge is -2.24. The van der Waals surface area contributed by atoms with Gasteiger partial charge < -0.3 is 4.57 Å². The Balaban J connectivity index is 1.42. The molecule has 0 spiro atoms. The predicted octanol–water partition coefficient (Wildman–Crippen LogP) is 7.83. The highest BCUT2D eigenvalue weighted by molar-refractivity contribution is 6.13. The van der Waals surface area contributed by atoms with Crippen molar-refractivity contribution in [3.63, 3.8) is 0 Å². The molecule has 0 saturated heterocycles. The number of hydrogen-bond acceptors (Lipinski definition) is 0. The molecule has 9 rings (SSSR count). The highest BCUT2D eigenvalue weighted by atomic mass is 15.0. The van der Waals surface area contributed by atoms with Crippen LogP contribution >= 0.6 is 0 Å². The Labute approximate surface area is 197 Å². The normalized spacial score (nSPS) is 14.1. The molecule has 6 aromatic rings. The molecule has 0 N–H and O–H groups in total. The van der Waals surface area contributed by atoms with Gasteiger partial charge in [0.15, 0.2) is 0 Å². The highest BCUT2D eigenvalue weighted by Crippen LogP contribution is 2.49. The minimum atomic E-state index is 1.02. The topological polar surface area (TPSA) is 4.93 Å². The zero-order chi connectivity index (χ0) is 22.0. The van der Waals surface area contributed by atoms with Gasteiger partial charge in [0.2, 0.25) is 0 Å². The van der Waals surface area contributed by atoms with Crippen molar-refractivity contribution in [1.29, 1.82) is 0 Å². The Morgan fingerprint density at radius 2 is 1.18 bits per heavy atom. The van der Waals surface area contributed by atoms with Gasteiger partial charge in [0.05, 0.1) is 16.7 Å². The Hall–Kier alpha value is -4.10. The maximum absolute atomic E-state index is 2.57. The summed E-state index contributed by atoms with van der Waals surface area (Å²) >= 11 is 0. The molecule has 2 heterocycles. The van der Waals surface area contributed by atoms with Crippen molar-refractivity contribution in [1.82, 2.24) is 4.57 Å². The summed E-state index contributed by atoms with van der Waals surface area (Å²) in [6.07, 6.45) is 3.11. The van der Waals surface area contributed by atoms with E-state index in [0.717, 1.165) is 19.3 Å². The zero-order valence-electron chi connectivity index (χ0n) is 18.7. The number of fused-ring (bicyclic) bond motifs is 12. The van der Waals surface area contributed by atoms with Crippen LogP contribution in [-0.2, 0) is 19.3 Å². The number of aromatic nitrogens is 1. The second kappa shape index (κ2) is 5.87. The third-order valence-electron chi connectivity index (χ3n) is 8.45. The van der Waals surface area contributed by atoms with Crippen LogP contribution in [0.15, 0.2) is 91.0 Å². The molecular formula is C33H21N. The first-order valence-electron chi connectivity index (χ1n) is 12.3. The molecular weight excluding hydrogens is 410 g/mol. The number of rotatable bonds is 0. The second-order valence-corrected chi connectivity index (χ2v) is 10.1. The molecule has 0 fully saturated rings. The lowest BCUT2D eigenvalue weighted by atomic mass is 9.89. The smallest absolute Gasteiger partial charge is 0.0579 e. The lowest BCUT2D eigenvalue weighted by molar-refractivity contribution is 1.02. The number of para-hydroxylation sites is 1. The van der Waals surface area contributed by atoms with Gasteiger partial charge in [0.25, 0.3) is 0 Å². The van der Waals surface area contributed by atoms with Gasteiger partial charge in [-0.2, -0.15) is 0 Å². The zero-order valence-corrected chi connectivity index (χ0v) is 18.7. The monoisotopic (exact) mass is 431 g/mol. The third-order valence-corrected chi connectivity index (χ3v) is 8.45. The largest absolute Gasteiger partial charge is 0.309 e. The molecule has 0 radical (unpaired) electrons. The molecule has 0 saturated carbocycles. The van der Waals surface area contributed by atoms with Gasteiger partial charge in [-0.05, 0) is 86.7 Å². The summed E-state index contributed by atoms with van der Waals surface area (Å²) in [7, 11) is 0. The number of benzene rings is 5. The summed E-state index contributed by atoms with van der Waals surface area (Å²) in [6.45, 7) is 0. The van der Waals surface area contributed by atoms with Crippen LogP contribution in [0, 0.1) is 0 Å². The van der Waals surface area contributed by atoms with Gasteiger partial charge in [-0.3, -0.25) is 0 Å². The Kier molecular flexibility index (Phi) is 3.00. The first kappa shape index (κ1) is 17.4. The fourth-order valence-electron chi connectivity index (χ4n) is 7.02. The van der Waals surface area contributed by atoms with Gasteiger partial charge in [0.1, 0.15) is 0 Å². The van der Waals surface area contributed by atoms with E-state index >= 15 is 0 Å². The summed E-state index contributed by atoms with van der Waals surface area (Å²) in [4.78, 5) is 0. The van der Waals surface area contributed by atoms with Crippen molar-refractivity contribution < 1.29 is 0 Å². The molecule has 3 aliphatic rings. The fourth-order valence-corrected chi connectivity index (χ4v) is 7.02. The molecule has 0 amide bonds. The summed E-state index contributed by atoms with van der Waals surface area (Å²) in [5.41, 5.74) is 18.7. The minimum absolute atomic E-state index is 1.02. The highest BCUT2D eigenvalue weighted by Gasteiger charge is 2.31. The van der Waals surface area contributed by atoms with Crippen LogP contribution in [0.3, 0.4) is 0 Å². The van der Waals surface area contributed by atoms with Crippen LogP contribution in [0.25, 0.3) is 49.7 Å². The summed E-state index contributed by atoms with van der Waals surface area (Å²) in [5.74, 6) is 0. The van der Waals surface area contributed by atoms with E-state index in [-0.39, 0.29) is 0 Å². The van der Waals surface area contributed by atoms with Crippen molar-refractivity contribution >= 4 is 21.8 Å². The molecule has 1 aromatic heterocycles. The van der Waals surface area contributed by atoms with Crippen molar-refractivity contribution in [3.05, 3.63) is 124 Å². The maximum atomic E-state index is 2.57. The van der Waals surface area contributed by atoms with Crippen LogP contribution in [0.2, 0.25) is 0 Å². The second-order valence-electron chi connectivity index (χ2n) is 10.1. The molecule has 158 valence electrons. The van der Waals surface area contributed by atoms with E-state index in [1.807, 2.05) is 0 Å². The van der Waals surface area contributed by atoms with E-state index in [0.29, 0.717) is 0 Å². The Morgan fingerprint density at radius 3 is 2.06 bits per heavy atom. The van der Waals surface area contributed by atoms with E-state index < -0.39 is 0 Å². The molecule has 0 bridgehead atoms.